The highest BCUT2D eigenvalue weighted by Gasteiger charge is 2.27. The Bertz CT molecular complexity index is 1590. The second kappa shape index (κ2) is 9.86. The molecule has 4 aromatic rings. The number of aryl methyl sites for hydroxylation is 1. The predicted octanol–water partition coefficient (Wildman–Crippen LogP) is 3.94. The van der Waals surface area contributed by atoms with E-state index in [-0.39, 0.29) is 27.5 Å². The Labute approximate surface area is 206 Å². The standard InChI is InChI=1S/C24H18ClF3N4O4/c1-31-13-20(21(33)30-23(31)35)15-9-19(22(34)32(12-15)17-3-2-5-29-11-17)14-7-16(25)10-18(8-14)36-6-4-24(26,27)28/h2-3,5,7-13H,4,6H2,1H3,(H,30,33,35). The van der Waals surface area contributed by atoms with Crippen molar-refractivity contribution < 1.29 is 17.9 Å². The Morgan fingerprint density at radius 3 is 2.53 bits per heavy atom. The molecule has 0 atom stereocenters. The second-order valence-corrected chi connectivity index (χ2v) is 8.27. The van der Waals surface area contributed by atoms with Crippen LogP contribution in [0.25, 0.3) is 27.9 Å². The van der Waals surface area contributed by atoms with Crippen molar-refractivity contribution in [2.75, 3.05) is 6.61 Å². The number of alkyl halides is 3. The van der Waals surface area contributed by atoms with Gasteiger partial charge >= 0.3 is 11.9 Å². The molecular weight excluding hydrogens is 501 g/mol. The van der Waals surface area contributed by atoms with E-state index in [1.807, 2.05) is 0 Å². The third-order valence-electron chi connectivity index (χ3n) is 5.20. The summed E-state index contributed by atoms with van der Waals surface area (Å²) in [5, 5.41) is 0.132. The van der Waals surface area contributed by atoms with Crippen LogP contribution in [0.2, 0.25) is 5.02 Å². The summed E-state index contributed by atoms with van der Waals surface area (Å²) in [4.78, 5) is 44.1. The number of nitrogens with zero attached hydrogens (tertiary/aromatic N) is 3. The molecule has 36 heavy (non-hydrogen) atoms. The van der Waals surface area contributed by atoms with Crippen molar-refractivity contribution in [3.8, 4) is 33.7 Å². The zero-order valence-electron chi connectivity index (χ0n) is 18.7. The van der Waals surface area contributed by atoms with Gasteiger partial charge in [-0.05, 0) is 42.0 Å². The molecule has 1 aromatic carbocycles. The molecule has 0 radical (unpaired) electrons. The molecule has 3 aromatic heterocycles. The smallest absolute Gasteiger partial charge is 0.392 e. The highest BCUT2D eigenvalue weighted by molar-refractivity contribution is 6.31. The minimum Gasteiger partial charge on any atom is -0.493 e. The number of rotatable bonds is 6. The van der Waals surface area contributed by atoms with Crippen LogP contribution in [-0.4, -0.2) is 31.9 Å². The zero-order valence-corrected chi connectivity index (χ0v) is 19.4. The lowest BCUT2D eigenvalue weighted by molar-refractivity contribution is -0.139. The van der Waals surface area contributed by atoms with Crippen LogP contribution in [0.4, 0.5) is 13.2 Å². The average molecular weight is 519 g/mol. The first-order chi connectivity index (χ1) is 17.0. The first kappa shape index (κ1) is 25.0. The predicted molar refractivity (Wildman–Crippen MR) is 128 cm³/mol. The van der Waals surface area contributed by atoms with Gasteiger partial charge in [0.2, 0.25) is 0 Å². The van der Waals surface area contributed by atoms with E-state index in [1.54, 1.807) is 12.1 Å². The lowest BCUT2D eigenvalue weighted by Gasteiger charge is -2.14. The summed E-state index contributed by atoms with van der Waals surface area (Å²) >= 11 is 6.18. The molecule has 1 N–H and O–H groups in total. The number of benzene rings is 1. The SMILES string of the molecule is Cn1cc(-c2cc(-c3cc(Cl)cc(OCCC(F)(F)F)c3)c(=O)n(-c3cccnc3)c2)c(=O)[nH]c1=O. The molecule has 8 nitrogen and oxygen atoms in total. The van der Waals surface area contributed by atoms with Crippen LogP contribution in [0.3, 0.4) is 0 Å². The van der Waals surface area contributed by atoms with Crippen LogP contribution in [0.5, 0.6) is 5.75 Å². The van der Waals surface area contributed by atoms with Gasteiger partial charge in [-0.25, -0.2) is 4.79 Å². The van der Waals surface area contributed by atoms with E-state index in [0.29, 0.717) is 11.3 Å². The molecule has 0 bridgehead atoms. The van der Waals surface area contributed by atoms with Gasteiger partial charge < -0.3 is 9.30 Å². The van der Waals surface area contributed by atoms with Crippen LogP contribution in [0.1, 0.15) is 6.42 Å². The van der Waals surface area contributed by atoms with Crippen molar-refractivity contribution >= 4 is 11.6 Å². The quantitative estimate of drug-likeness (QED) is 0.417. The van der Waals surface area contributed by atoms with Crippen LogP contribution >= 0.6 is 11.6 Å². The lowest BCUT2D eigenvalue weighted by atomic mass is 10.0. The van der Waals surface area contributed by atoms with Gasteiger partial charge in [0.05, 0.1) is 30.5 Å². The summed E-state index contributed by atoms with van der Waals surface area (Å²) in [5.74, 6) is 0.0411. The number of H-pyrrole nitrogens is 1. The minimum atomic E-state index is -4.39. The summed E-state index contributed by atoms with van der Waals surface area (Å²) < 4.78 is 45.3. The first-order valence-corrected chi connectivity index (χ1v) is 10.9. The minimum absolute atomic E-state index is 0.0411. The first-order valence-electron chi connectivity index (χ1n) is 10.5. The molecule has 0 unspecified atom stereocenters. The van der Waals surface area contributed by atoms with Crippen molar-refractivity contribution in [2.45, 2.75) is 12.6 Å². The van der Waals surface area contributed by atoms with E-state index in [0.717, 1.165) is 0 Å². The lowest BCUT2D eigenvalue weighted by Crippen LogP contribution is -2.29. The third kappa shape index (κ3) is 5.57. The highest BCUT2D eigenvalue weighted by atomic mass is 35.5. The van der Waals surface area contributed by atoms with E-state index < -0.39 is 36.0 Å². The van der Waals surface area contributed by atoms with Gasteiger partial charge in [-0.2, -0.15) is 13.2 Å². The Balaban J connectivity index is 1.90. The Kier molecular flexibility index (Phi) is 6.84. The van der Waals surface area contributed by atoms with E-state index in [4.69, 9.17) is 16.3 Å². The normalized spacial score (nSPS) is 11.5. The van der Waals surface area contributed by atoms with E-state index >= 15 is 0 Å². The maximum absolute atomic E-state index is 13.5. The fourth-order valence-corrected chi connectivity index (χ4v) is 3.70. The summed E-state index contributed by atoms with van der Waals surface area (Å²) in [6, 6.07) is 8.88. The highest BCUT2D eigenvalue weighted by Crippen LogP contribution is 2.30. The summed E-state index contributed by atoms with van der Waals surface area (Å²) in [5.41, 5.74) is -0.623. The van der Waals surface area contributed by atoms with Crippen LogP contribution in [0, 0.1) is 0 Å². The summed E-state index contributed by atoms with van der Waals surface area (Å²) in [6.45, 7) is -0.628. The molecule has 0 amide bonds. The third-order valence-corrected chi connectivity index (χ3v) is 5.42. The topological polar surface area (TPSA) is 99.0 Å². The second-order valence-electron chi connectivity index (χ2n) is 7.83. The molecule has 12 heteroatoms. The monoisotopic (exact) mass is 518 g/mol. The Morgan fingerprint density at radius 2 is 1.83 bits per heavy atom. The molecule has 0 saturated carbocycles. The van der Waals surface area contributed by atoms with Crippen molar-refractivity contribution in [1.82, 2.24) is 19.1 Å². The van der Waals surface area contributed by atoms with Crippen molar-refractivity contribution in [2.24, 2.45) is 7.05 Å². The van der Waals surface area contributed by atoms with E-state index in [2.05, 4.69) is 9.97 Å². The largest absolute Gasteiger partial charge is 0.493 e. The number of hydrogen-bond acceptors (Lipinski definition) is 5. The number of halogens is 4. The van der Waals surface area contributed by atoms with Crippen molar-refractivity contribution in [1.29, 1.82) is 0 Å². The molecule has 0 saturated heterocycles. The van der Waals surface area contributed by atoms with E-state index in [1.165, 1.54) is 65.2 Å². The van der Waals surface area contributed by atoms with Gasteiger partial charge in [0.25, 0.3) is 11.1 Å². The average Bonchev–Trinajstić information content (AvgIpc) is 2.81. The zero-order chi connectivity index (χ0) is 26.0. The van der Waals surface area contributed by atoms with Gasteiger partial charge in [0.1, 0.15) is 5.75 Å². The maximum Gasteiger partial charge on any atom is 0.392 e. The molecule has 0 aliphatic carbocycles. The Morgan fingerprint density at radius 1 is 1.06 bits per heavy atom. The van der Waals surface area contributed by atoms with Gasteiger partial charge in [0.15, 0.2) is 0 Å². The summed E-state index contributed by atoms with van der Waals surface area (Å²) in [6.07, 6.45) is 0.191. The molecule has 0 aliphatic rings. The van der Waals surface area contributed by atoms with Gasteiger partial charge in [-0.15, -0.1) is 0 Å². The molecule has 0 aliphatic heterocycles. The summed E-state index contributed by atoms with van der Waals surface area (Å²) in [7, 11) is 1.46. The van der Waals surface area contributed by atoms with Gasteiger partial charge in [0, 0.05) is 41.8 Å². The fraction of sp³-hybridized carbons (Fsp3) is 0.167. The van der Waals surface area contributed by atoms with Gasteiger partial charge in [-0.1, -0.05) is 11.6 Å². The van der Waals surface area contributed by atoms with Crippen LogP contribution in [0.15, 0.2) is 75.6 Å². The molecular formula is C24H18ClF3N4O4. The number of pyridine rings is 2. The molecule has 3 heterocycles. The molecule has 0 spiro atoms. The number of hydrogen-bond donors (Lipinski definition) is 1. The molecule has 4 rings (SSSR count). The van der Waals surface area contributed by atoms with Crippen molar-refractivity contribution in [3.63, 3.8) is 0 Å². The van der Waals surface area contributed by atoms with Crippen LogP contribution < -0.4 is 21.5 Å². The fourth-order valence-electron chi connectivity index (χ4n) is 3.48. The number of nitrogens with one attached hydrogen (secondary N) is 1. The maximum atomic E-state index is 13.5. The molecule has 186 valence electrons. The number of aromatic nitrogens is 4. The Hall–Kier alpha value is -4.12. The number of ether oxygens (including phenoxy) is 1. The van der Waals surface area contributed by atoms with Crippen molar-refractivity contribution in [3.05, 3.63) is 97.4 Å². The molecule has 0 fully saturated rings. The van der Waals surface area contributed by atoms with Gasteiger partial charge in [-0.3, -0.25) is 24.1 Å². The number of aromatic amines is 1. The van der Waals surface area contributed by atoms with Crippen LogP contribution in [-0.2, 0) is 7.05 Å². The van der Waals surface area contributed by atoms with E-state index in [9.17, 15) is 27.6 Å².